The van der Waals surface area contributed by atoms with Crippen molar-refractivity contribution >= 4 is 16.8 Å². The Morgan fingerprint density at radius 2 is 2.07 bits per heavy atom. The third-order valence-corrected chi connectivity index (χ3v) is 2.45. The van der Waals surface area contributed by atoms with Crippen LogP contribution in [0.5, 0.6) is 0 Å². The van der Waals surface area contributed by atoms with Crippen LogP contribution in [0.1, 0.15) is 28.7 Å². The van der Waals surface area contributed by atoms with E-state index in [0.717, 1.165) is 22.3 Å². The normalized spacial score (nSPS) is 10.9. The number of fused-ring (bicyclic) bond motifs is 1. The number of carbonyl (C=O) groups is 1. The van der Waals surface area contributed by atoms with Crippen molar-refractivity contribution in [2.75, 3.05) is 0 Å². The Labute approximate surface area is 87.9 Å². The van der Waals surface area contributed by atoms with Gasteiger partial charge in [0.15, 0.2) is 11.4 Å². The molecular weight excluding hydrogens is 190 g/mol. The van der Waals surface area contributed by atoms with Crippen molar-refractivity contribution in [1.29, 1.82) is 0 Å². The minimum Gasteiger partial charge on any atom is -0.293 e. The molecule has 0 aliphatic rings. The van der Waals surface area contributed by atoms with E-state index in [0.29, 0.717) is 5.69 Å². The molecule has 2 aromatic heterocycles. The van der Waals surface area contributed by atoms with Gasteiger partial charge in [-0.1, -0.05) is 0 Å². The largest absolute Gasteiger partial charge is 0.293 e. The highest BCUT2D eigenvalue weighted by atomic mass is 16.1. The summed E-state index contributed by atoms with van der Waals surface area (Å²) < 4.78 is 1.66. The quantitative estimate of drug-likeness (QED) is 0.664. The van der Waals surface area contributed by atoms with Gasteiger partial charge >= 0.3 is 0 Å². The molecule has 0 aliphatic carbocycles. The third-order valence-electron chi connectivity index (χ3n) is 2.45. The van der Waals surface area contributed by atoms with E-state index in [1.165, 1.54) is 6.92 Å². The minimum atomic E-state index is -0.0191. The second kappa shape index (κ2) is 3.15. The summed E-state index contributed by atoms with van der Waals surface area (Å²) in [6, 6.07) is 1.97. The summed E-state index contributed by atoms with van der Waals surface area (Å²) in [6.45, 7) is 5.44. The first-order valence-electron chi connectivity index (χ1n) is 4.82. The maximum atomic E-state index is 11.4. The number of aryl methyl sites for hydroxylation is 3. The van der Waals surface area contributed by atoms with Crippen molar-refractivity contribution in [3.63, 3.8) is 0 Å². The molecule has 0 saturated carbocycles. The highest BCUT2D eigenvalue weighted by molar-refractivity contribution is 6.05. The highest BCUT2D eigenvalue weighted by Crippen LogP contribution is 2.21. The van der Waals surface area contributed by atoms with Crippen molar-refractivity contribution in [2.45, 2.75) is 20.8 Å². The Kier molecular flexibility index (Phi) is 2.07. The minimum absolute atomic E-state index is 0.0191. The number of hydrogen-bond acceptors (Lipinski definition) is 3. The van der Waals surface area contributed by atoms with E-state index in [9.17, 15) is 4.79 Å². The lowest BCUT2D eigenvalue weighted by Gasteiger charge is -1.99. The van der Waals surface area contributed by atoms with Crippen LogP contribution in [0.4, 0.5) is 0 Å². The van der Waals surface area contributed by atoms with E-state index >= 15 is 0 Å². The van der Waals surface area contributed by atoms with Gasteiger partial charge in [-0.2, -0.15) is 5.10 Å². The molecule has 0 atom stereocenters. The van der Waals surface area contributed by atoms with Crippen LogP contribution in [0.2, 0.25) is 0 Å². The summed E-state index contributed by atoms with van der Waals surface area (Å²) in [5, 5.41) is 5.07. The third kappa shape index (κ3) is 1.42. The Hall–Kier alpha value is -1.71. The number of rotatable bonds is 1. The van der Waals surface area contributed by atoms with Crippen molar-refractivity contribution in [2.24, 2.45) is 7.05 Å². The second-order valence-corrected chi connectivity index (χ2v) is 3.81. The predicted octanol–water partition coefficient (Wildman–Crippen LogP) is 1.79. The molecule has 0 fully saturated rings. The Morgan fingerprint density at radius 3 is 2.67 bits per heavy atom. The standard InChI is InChI=1S/C11H13N3O/c1-6-5-7(2)12-11-9(6)10(8(3)15)13-14(11)4/h5H,1-4H3. The number of Topliss-reactive ketones (excluding diaryl/α,β-unsaturated/α-hetero) is 1. The summed E-state index contributed by atoms with van der Waals surface area (Å²) >= 11 is 0. The van der Waals surface area contributed by atoms with Crippen molar-refractivity contribution in [1.82, 2.24) is 14.8 Å². The summed E-state index contributed by atoms with van der Waals surface area (Å²) in [7, 11) is 1.81. The zero-order valence-electron chi connectivity index (χ0n) is 9.33. The second-order valence-electron chi connectivity index (χ2n) is 3.81. The number of aromatic nitrogens is 3. The number of pyridine rings is 1. The molecule has 2 heterocycles. The predicted molar refractivity (Wildman–Crippen MR) is 58.0 cm³/mol. The lowest BCUT2D eigenvalue weighted by atomic mass is 10.1. The topological polar surface area (TPSA) is 47.8 Å². The number of ketones is 1. The van der Waals surface area contributed by atoms with Gasteiger partial charge in [0.05, 0.1) is 5.39 Å². The molecule has 0 N–H and O–H groups in total. The number of nitrogens with zero attached hydrogens (tertiary/aromatic N) is 3. The molecular formula is C11H13N3O. The van der Waals surface area contributed by atoms with Gasteiger partial charge in [-0.25, -0.2) is 9.67 Å². The summed E-state index contributed by atoms with van der Waals surface area (Å²) in [4.78, 5) is 15.8. The highest BCUT2D eigenvalue weighted by Gasteiger charge is 2.15. The van der Waals surface area contributed by atoms with Gasteiger partial charge in [0.2, 0.25) is 0 Å². The van der Waals surface area contributed by atoms with Gasteiger partial charge < -0.3 is 0 Å². The van der Waals surface area contributed by atoms with Crippen LogP contribution in [0, 0.1) is 13.8 Å². The Balaban J connectivity index is 2.93. The molecule has 0 aromatic carbocycles. The van der Waals surface area contributed by atoms with E-state index in [4.69, 9.17) is 0 Å². The van der Waals surface area contributed by atoms with Gasteiger partial charge in [0, 0.05) is 19.7 Å². The first kappa shape index (κ1) is 9.83. The molecule has 78 valence electrons. The zero-order valence-corrected chi connectivity index (χ0v) is 9.33. The van der Waals surface area contributed by atoms with E-state index in [-0.39, 0.29) is 5.78 Å². The van der Waals surface area contributed by atoms with Crippen molar-refractivity contribution in [3.8, 4) is 0 Å². The molecule has 4 nitrogen and oxygen atoms in total. The average Bonchev–Trinajstić information content (AvgIpc) is 2.44. The Morgan fingerprint density at radius 1 is 1.40 bits per heavy atom. The maximum Gasteiger partial charge on any atom is 0.180 e. The fourth-order valence-corrected chi connectivity index (χ4v) is 1.84. The first-order chi connectivity index (χ1) is 7.00. The van der Waals surface area contributed by atoms with Gasteiger partial charge in [0.1, 0.15) is 5.69 Å². The monoisotopic (exact) mass is 203 g/mol. The Bertz CT molecular complexity index is 554. The first-order valence-corrected chi connectivity index (χ1v) is 4.82. The van der Waals surface area contributed by atoms with E-state index in [1.54, 1.807) is 11.7 Å². The van der Waals surface area contributed by atoms with Crippen molar-refractivity contribution < 1.29 is 4.79 Å². The summed E-state index contributed by atoms with van der Waals surface area (Å²) in [5.74, 6) is -0.0191. The molecule has 0 aliphatic heterocycles. The molecule has 0 saturated heterocycles. The lowest BCUT2D eigenvalue weighted by Crippen LogP contribution is -1.96. The molecule has 15 heavy (non-hydrogen) atoms. The molecule has 2 aromatic rings. The van der Waals surface area contributed by atoms with Crippen LogP contribution in [0.15, 0.2) is 6.07 Å². The number of carbonyl (C=O) groups excluding carboxylic acids is 1. The van der Waals surface area contributed by atoms with Crippen LogP contribution in [-0.4, -0.2) is 20.5 Å². The van der Waals surface area contributed by atoms with Crippen LogP contribution in [-0.2, 0) is 7.05 Å². The van der Waals surface area contributed by atoms with E-state index in [1.807, 2.05) is 19.9 Å². The van der Waals surface area contributed by atoms with Crippen LogP contribution < -0.4 is 0 Å². The van der Waals surface area contributed by atoms with Crippen LogP contribution in [0.25, 0.3) is 11.0 Å². The fraction of sp³-hybridized carbons (Fsp3) is 0.364. The fourth-order valence-electron chi connectivity index (χ4n) is 1.84. The lowest BCUT2D eigenvalue weighted by molar-refractivity contribution is 0.101. The van der Waals surface area contributed by atoms with Crippen LogP contribution >= 0.6 is 0 Å². The molecule has 0 unspecified atom stereocenters. The summed E-state index contributed by atoms with van der Waals surface area (Å²) in [5.41, 5.74) is 3.28. The maximum absolute atomic E-state index is 11.4. The summed E-state index contributed by atoms with van der Waals surface area (Å²) in [6.07, 6.45) is 0. The molecule has 0 bridgehead atoms. The molecule has 2 rings (SSSR count). The van der Waals surface area contributed by atoms with E-state index in [2.05, 4.69) is 10.1 Å². The molecule has 0 radical (unpaired) electrons. The smallest absolute Gasteiger partial charge is 0.180 e. The van der Waals surface area contributed by atoms with Gasteiger partial charge in [-0.15, -0.1) is 0 Å². The number of hydrogen-bond donors (Lipinski definition) is 0. The SMILES string of the molecule is CC(=O)c1nn(C)c2nc(C)cc(C)c12. The molecule has 4 heteroatoms. The molecule has 0 amide bonds. The van der Waals surface area contributed by atoms with Gasteiger partial charge in [-0.3, -0.25) is 4.79 Å². The van der Waals surface area contributed by atoms with Gasteiger partial charge in [0.25, 0.3) is 0 Å². The van der Waals surface area contributed by atoms with Crippen LogP contribution in [0.3, 0.4) is 0 Å². The molecule has 0 spiro atoms. The van der Waals surface area contributed by atoms with Gasteiger partial charge in [-0.05, 0) is 25.5 Å². The van der Waals surface area contributed by atoms with Crippen molar-refractivity contribution in [3.05, 3.63) is 23.0 Å². The van der Waals surface area contributed by atoms with E-state index < -0.39 is 0 Å². The zero-order chi connectivity index (χ0) is 11.2. The average molecular weight is 203 g/mol.